The van der Waals surface area contributed by atoms with Crippen molar-refractivity contribution in [2.75, 3.05) is 7.11 Å². The fourth-order valence-electron chi connectivity index (χ4n) is 3.70. The highest BCUT2D eigenvalue weighted by atomic mass is 35.5. The Morgan fingerprint density at radius 3 is 2.23 bits per heavy atom. The lowest BCUT2D eigenvalue weighted by molar-refractivity contribution is 0.137. The number of hydrogen-bond donors (Lipinski definition) is 1. The molecule has 2 bridgehead atoms. The van der Waals surface area contributed by atoms with E-state index in [0.29, 0.717) is 18.2 Å². The van der Waals surface area contributed by atoms with Crippen LogP contribution in [0.1, 0.15) is 25.7 Å². The predicted molar refractivity (Wildman–Crippen MR) is 91.3 cm³/mol. The van der Waals surface area contributed by atoms with Crippen LogP contribution in [0, 0.1) is 0 Å². The lowest BCUT2D eigenvalue weighted by Crippen LogP contribution is -2.42. The van der Waals surface area contributed by atoms with Crippen LogP contribution in [0.4, 0.5) is 0 Å². The number of rotatable bonds is 3. The summed E-state index contributed by atoms with van der Waals surface area (Å²) in [5.41, 5.74) is 0. The van der Waals surface area contributed by atoms with Gasteiger partial charge in [-0.2, -0.15) is 0 Å². The molecule has 3 nitrogen and oxygen atoms in total. The van der Waals surface area contributed by atoms with Gasteiger partial charge in [0, 0.05) is 12.1 Å². The Labute approximate surface area is 137 Å². The van der Waals surface area contributed by atoms with Gasteiger partial charge in [0.2, 0.25) is 0 Å². The molecule has 4 rings (SSSR count). The molecule has 118 valence electrons. The second-order valence-corrected chi connectivity index (χ2v) is 6.22. The van der Waals surface area contributed by atoms with E-state index in [1.54, 1.807) is 7.11 Å². The zero-order chi connectivity index (χ0) is 14.2. The summed E-state index contributed by atoms with van der Waals surface area (Å²) < 4.78 is 11.5. The van der Waals surface area contributed by atoms with Crippen molar-refractivity contribution in [3.05, 3.63) is 36.4 Å². The second-order valence-electron chi connectivity index (χ2n) is 6.22. The molecule has 2 heterocycles. The van der Waals surface area contributed by atoms with Crippen molar-refractivity contribution in [3.63, 3.8) is 0 Å². The first-order valence-electron chi connectivity index (χ1n) is 7.81. The zero-order valence-electron chi connectivity index (χ0n) is 12.7. The number of ether oxygens (including phenoxy) is 2. The highest BCUT2D eigenvalue weighted by Gasteiger charge is 2.34. The largest absolute Gasteiger partial charge is 0.497 e. The molecule has 0 saturated carbocycles. The van der Waals surface area contributed by atoms with Gasteiger partial charge in [0.05, 0.1) is 7.11 Å². The van der Waals surface area contributed by atoms with Crippen LogP contribution in [0.2, 0.25) is 0 Å². The summed E-state index contributed by atoms with van der Waals surface area (Å²) in [6.45, 7) is 0. The molecule has 0 unspecified atom stereocenters. The van der Waals surface area contributed by atoms with E-state index < -0.39 is 0 Å². The maximum Gasteiger partial charge on any atom is 0.120 e. The number of hydrogen-bond acceptors (Lipinski definition) is 3. The molecule has 1 N–H and O–H groups in total. The Kier molecular flexibility index (Phi) is 4.46. The SMILES string of the molecule is COc1ccc2ccc(O[C@@H]3C[C@H]4CC[C@@H](C3)N4)cc2c1.Cl. The third kappa shape index (κ3) is 3.01. The molecule has 0 radical (unpaired) electrons. The minimum Gasteiger partial charge on any atom is -0.497 e. The highest BCUT2D eigenvalue weighted by molar-refractivity contribution is 5.85. The second kappa shape index (κ2) is 6.35. The maximum absolute atomic E-state index is 6.24. The van der Waals surface area contributed by atoms with Crippen LogP contribution < -0.4 is 14.8 Å². The fourth-order valence-corrected chi connectivity index (χ4v) is 3.70. The van der Waals surface area contributed by atoms with E-state index in [4.69, 9.17) is 9.47 Å². The average molecular weight is 320 g/mol. The lowest BCUT2D eigenvalue weighted by Gasteiger charge is -2.29. The summed E-state index contributed by atoms with van der Waals surface area (Å²) in [5.74, 6) is 1.86. The van der Waals surface area contributed by atoms with Crippen LogP contribution in [-0.4, -0.2) is 25.3 Å². The smallest absolute Gasteiger partial charge is 0.120 e. The van der Waals surface area contributed by atoms with Gasteiger partial charge in [-0.15, -0.1) is 12.4 Å². The standard InChI is InChI=1S/C18H21NO2.ClH/c1-20-16-6-2-12-3-7-17(9-13(12)8-16)21-18-10-14-4-5-15(11-18)19-14;/h2-3,6-9,14-15,18-19H,4-5,10-11H2,1H3;1H/t14-,15+,18-;. The van der Waals surface area contributed by atoms with Gasteiger partial charge in [-0.3, -0.25) is 0 Å². The Morgan fingerprint density at radius 1 is 0.909 bits per heavy atom. The Balaban J connectivity index is 0.00000144. The molecule has 2 aliphatic heterocycles. The third-order valence-electron chi connectivity index (χ3n) is 4.75. The van der Waals surface area contributed by atoms with Crippen LogP contribution in [-0.2, 0) is 0 Å². The molecule has 0 amide bonds. The van der Waals surface area contributed by atoms with Crippen molar-refractivity contribution in [2.24, 2.45) is 0 Å². The van der Waals surface area contributed by atoms with Crippen molar-refractivity contribution in [1.82, 2.24) is 5.32 Å². The number of halogens is 1. The normalized spacial score (nSPS) is 26.5. The molecule has 2 fully saturated rings. The van der Waals surface area contributed by atoms with Gasteiger partial charge in [0.15, 0.2) is 0 Å². The first-order valence-corrected chi connectivity index (χ1v) is 7.81. The van der Waals surface area contributed by atoms with Crippen LogP contribution in [0.15, 0.2) is 36.4 Å². The van der Waals surface area contributed by atoms with E-state index in [1.165, 1.54) is 23.6 Å². The zero-order valence-corrected chi connectivity index (χ0v) is 13.6. The van der Waals surface area contributed by atoms with E-state index in [2.05, 4.69) is 35.6 Å². The molecule has 0 aliphatic carbocycles. The van der Waals surface area contributed by atoms with E-state index >= 15 is 0 Å². The van der Waals surface area contributed by atoms with Crippen molar-refractivity contribution < 1.29 is 9.47 Å². The topological polar surface area (TPSA) is 30.5 Å². The minimum absolute atomic E-state index is 0. The van der Waals surface area contributed by atoms with Crippen LogP contribution in [0.25, 0.3) is 10.8 Å². The Bertz CT molecular complexity index is 649. The molecule has 3 atom stereocenters. The van der Waals surface area contributed by atoms with E-state index in [0.717, 1.165) is 24.3 Å². The predicted octanol–water partition coefficient (Wildman–Crippen LogP) is 3.93. The number of nitrogens with one attached hydrogen (secondary N) is 1. The third-order valence-corrected chi connectivity index (χ3v) is 4.75. The van der Waals surface area contributed by atoms with Gasteiger partial charge < -0.3 is 14.8 Å². The number of piperidine rings is 1. The summed E-state index contributed by atoms with van der Waals surface area (Å²) in [4.78, 5) is 0. The van der Waals surface area contributed by atoms with Gasteiger partial charge in [-0.1, -0.05) is 12.1 Å². The Morgan fingerprint density at radius 2 is 1.55 bits per heavy atom. The Hall–Kier alpha value is -1.45. The van der Waals surface area contributed by atoms with Gasteiger partial charge in [0.25, 0.3) is 0 Å². The van der Waals surface area contributed by atoms with Crippen molar-refractivity contribution in [3.8, 4) is 11.5 Å². The number of methoxy groups -OCH3 is 1. The molecule has 2 saturated heterocycles. The van der Waals surface area contributed by atoms with Crippen molar-refractivity contribution in [1.29, 1.82) is 0 Å². The first kappa shape index (κ1) is 15.4. The van der Waals surface area contributed by atoms with Gasteiger partial charge in [-0.25, -0.2) is 0 Å². The van der Waals surface area contributed by atoms with Gasteiger partial charge >= 0.3 is 0 Å². The molecular weight excluding hydrogens is 298 g/mol. The van der Waals surface area contributed by atoms with Gasteiger partial charge in [0.1, 0.15) is 17.6 Å². The highest BCUT2D eigenvalue weighted by Crippen LogP contribution is 2.31. The molecule has 2 aliphatic rings. The van der Waals surface area contributed by atoms with Crippen LogP contribution >= 0.6 is 12.4 Å². The minimum atomic E-state index is 0. The van der Waals surface area contributed by atoms with E-state index in [1.807, 2.05) is 6.07 Å². The quantitative estimate of drug-likeness (QED) is 0.929. The monoisotopic (exact) mass is 319 g/mol. The van der Waals surface area contributed by atoms with Crippen LogP contribution in [0.3, 0.4) is 0 Å². The summed E-state index contributed by atoms with van der Waals surface area (Å²) >= 11 is 0. The molecular formula is C18H22ClNO2. The molecule has 2 aromatic rings. The number of fused-ring (bicyclic) bond motifs is 3. The summed E-state index contributed by atoms with van der Waals surface area (Å²) in [6.07, 6.45) is 5.23. The molecule has 0 spiro atoms. The lowest BCUT2D eigenvalue weighted by atomic mass is 10.0. The summed E-state index contributed by atoms with van der Waals surface area (Å²) in [7, 11) is 1.70. The van der Waals surface area contributed by atoms with Crippen molar-refractivity contribution >= 4 is 23.2 Å². The molecule has 2 aromatic carbocycles. The van der Waals surface area contributed by atoms with Crippen molar-refractivity contribution in [2.45, 2.75) is 43.9 Å². The molecule has 0 aromatic heterocycles. The van der Waals surface area contributed by atoms with E-state index in [-0.39, 0.29) is 12.4 Å². The first-order chi connectivity index (χ1) is 10.3. The fraction of sp³-hybridized carbons (Fsp3) is 0.444. The molecule has 4 heteroatoms. The molecule has 22 heavy (non-hydrogen) atoms. The summed E-state index contributed by atoms with van der Waals surface area (Å²) in [5, 5.41) is 6.04. The maximum atomic E-state index is 6.24. The van der Waals surface area contributed by atoms with Crippen LogP contribution in [0.5, 0.6) is 11.5 Å². The van der Waals surface area contributed by atoms with Gasteiger partial charge in [-0.05, 0) is 60.7 Å². The summed E-state index contributed by atoms with van der Waals surface area (Å²) in [6, 6.07) is 13.8. The van der Waals surface area contributed by atoms with E-state index in [9.17, 15) is 0 Å². The average Bonchev–Trinajstić information content (AvgIpc) is 2.85. The number of benzene rings is 2.